The number of aromatic nitrogens is 4. The molecule has 166 valence electrons. The third kappa shape index (κ3) is 4.97. The van der Waals surface area contributed by atoms with Crippen molar-refractivity contribution >= 4 is 17.5 Å². The lowest BCUT2D eigenvalue weighted by Gasteiger charge is -2.34. The van der Waals surface area contributed by atoms with Gasteiger partial charge < -0.3 is 14.5 Å². The molecule has 9 heteroatoms. The Morgan fingerprint density at radius 2 is 1.87 bits per heavy atom. The molecule has 0 aromatic carbocycles. The summed E-state index contributed by atoms with van der Waals surface area (Å²) < 4.78 is 7.85. The van der Waals surface area contributed by atoms with Gasteiger partial charge in [-0.1, -0.05) is 11.8 Å². The van der Waals surface area contributed by atoms with Crippen LogP contribution < -0.4 is 4.90 Å². The molecule has 0 aliphatic carbocycles. The Morgan fingerprint density at radius 1 is 1.13 bits per heavy atom. The van der Waals surface area contributed by atoms with Gasteiger partial charge in [0, 0.05) is 57.4 Å². The minimum atomic E-state index is 0.158. The van der Waals surface area contributed by atoms with Crippen LogP contribution in [0.3, 0.4) is 0 Å². The zero-order valence-corrected chi connectivity index (χ0v) is 18.7. The van der Waals surface area contributed by atoms with Crippen LogP contribution in [0.25, 0.3) is 5.78 Å². The number of piperidine rings is 1. The first kappa shape index (κ1) is 21.5. The van der Waals surface area contributed by atoms with Crippen LogP contribution in [0.1, 0.15) is 31.0 Å². The van der Waals surface area contributed by atoms with Crippen molar-refractivity contribution in [3.05, 3.63) is 17.6 Å². The lowest BCUT2D eigenvalue weighted by atomic mass is 10.1. The highest BCUT2D eigenvalue weighted by Crippen LogP contribution is 2.26. The smallest absolute Gasteiger partial charge is 0.254 e. The number of rotatable bonds is 4. The fourth-order valence-corrected chi connectivity index (χ4v) is 4.22. The van der Waals surface area contributed by atoms with Gasteiger partial charge in [-0.25, -0.2) is 4.98 Å². The van der Waals surface area contributed by atoms with Crippen LogP contribution in [0.15, 0.2) is 6.33 Å². The van der Waals surface area contributed by atoms with Gasteiger partial charge in [0.05, 0.1) is 12.6 Å². The van der Waals surface area contributed by atoms with Crippen LogP contribution in [0, 0.1) is 25.7 Å². The number of piperazine rings is 1. The van der Waals surface area contributed by atoms with Gasteiger partial charge in [-0.3, -0.25) is 9.69 Å². The number of anilines is 1. The number of carbonyl (C=O) groups excluding carboxylic acids is 1. The topological polar surface area (TPSA) is 79.1 Å². The van der Waals surface area contributed by atoms with E-state index in [0.717, 1.165) is 75.7 Å². The van der Waals surface area contributed by atoms with Crippen LogP contribution >= 0.6 is 0 Å². The Bertz CT molecular complexity index is 977. The summed E-state index contributed by atoms with van der Waals surface area (Å²) in [5, 5.41) is 4.36. The molecule has 9 nitrogen and oxygen atoms in total. The van der Waals surface area contributed by atoms with Gasteiger partial charge in [0.1, 0.15) is 18.8 Å². The molecule has 4 heterocycles. The lowest BCUT2D eigenvalue weighted by Crippen LogP contribution is -2.47. The number of ether oxygens (including phenoxy) is 1. The van der Waals surface area contributed by atoms with Crippen molar-refractivity contribution < 1.29 is 9.53 Å². The Kier molecular flexibility index (Phi) is 6.68. The number of aryl methyl sites for hydroxylation is 1. The average Bonchev–Trinajstić information content (AvgIpc) is 3.23. The number of hydrogen-bond acceptors (Lipinski definition) is 7. The minimum absolute atomic E-state index is 0.158. The normalized spacial score (nSPS) is 18.3. The number of fused-ring (bicyclic) bond motifs is 1. The molecule has 0 bridgehead atoms. The zero-order chi connectivity index (χ0) is 21.8. The Hall–Kier alpha value is -2.70. The molecule has 2 aromatic rings. The SMILES string of the molecule is CC(=O)N1CCN(CC#CCOC2CCN(c3c(C)c(C)nc4ncnn34)CC2)CC1. The van der Waals surface area contributed by atoms with Gasteiger partial charge in [-0.15, -0.1) is 0 Å². The van der Waals surface area contributed by atoms with Crippen molar-refractivity contribution in [2.75, 3.05) is 57.3 Å². The predicted octanol–water partition coefficient (Wildman–Crippen LogP) is 0.894. The van der Waals surface area contributed by atoms with Gasteiger partial charge >= 0.3 is 0 Å². The Labute approximate surface area is 183 Å². The number of amides is 1. The van der Waals surface area contributed by atoms with E-state index in [4.69, 9.17) is 4.74 Å². The molecule has 2 fully saturated rings. The van der Waals surface area contributed by atoms with Gasteiger partial charge in [-0.05, 0) is 26.7 Å². The second-order valence-corrected chi connectivity index (χ2v) is 8.25. The summed E-state index contributed by atoms with van der Waals surface area (Å²) in [6.45, 7) is 12.2. The van der Waals surface area contributed by atoms with E-state index >= 15 is 0 Å². The molecule has 2 aromatic heterocycles. The van der Waals surface area contributed by atoms with E-state index in [1.54, 1.807) is 13.3 Å². The van der Waals surface area contributed by atoms with Crippen molar-refractivity contribution in [3.63, 3.8) is 0 Å². The lowest BCUT2D eigenvalue weighted by molar-refractivity contribution is -0.130. The quantitative estimate of drug-likeness (QED) is 0.673. The summed E-state index contributed by atoms with van der Waals surface area (Å²) in [7, 11) is 0. The molecule has 2 aliphatic rings. The second-order valence-electron chi connectivity index (χ2n) is 8.25. The van der Waals surface area contributed by atoms with E-state index in [1.807, 2.05) is 16.3 Å². The summed E-state index contributed by atoms with van der Waals surface area (Å²) >= 11 is 0. The van der Waals surface area contributed by atoms with Gasteiger partial charge in [0.25, 0.3) is 5.78 Å². The van der Waals surface area contributed by atoms with Crippen LogP contribution in [0.2, 0.25) is 0 Å². The zero-order valence-electron chi connectivity index (χ0n) is 18.7. The standard InChI is InChI=1S/C22H31N7O2/c1-17-18(2)25-22-23-16-24-29(22)21(17)28-9-6-20(7-10-28)31-15-5-4-8-26-11-13-27(14-12-26)19(3)30/h16,20H,6-15H2,1-3H3. The molecule has 0 atom stereocenters. The van der Waals surface area contributed by atoms with E-state index in [1.165, 1.54) is 0 Å². The van der Waals surface area contributed by atoms with Crippen LogP contribution in [-0.4, -0.2) is 93.8 Å². The maximum absolute atomic E-state index is 11.4. The number of carbonyl (C=O) groups is 1. The first-order valence-corrected chi connectivity index (χ1v) is 11.0. The van der Waals surface area contributed by atoms with Gasteiger partial charge in [-0.2, -0.15) is 14.6 Å². The first-order valence-electron chi connectivity index (χ1n) is 11.0. The van der Waals surface area contributed by atoms with Crippen molar-refractivity contribution in [1.82, 2.24) is 29.4 Å². The van der Waals surface area contributed by atoms with E-state index in [0.29, 0.717) is 12.4 Å². The van der Waals surface area contributed by atoms with Crippen molar-refractivity contribution in [1.29, 1.82) is 0 Å². The number of nitrogens with zero attached hydrogens (tertiary/aromatic N) is 7. The molecule has 1 amide bonds. The average molecular weight is 426 g/mol. The van der Waals surface area contributed by atoms with E-state index in [9.17, 15) is 4.79 Å². The second kappa shape index (κ2) is 9.62. The molecule has 0 radical (unpaired) electrons. The molecule has 31 heavy (non-hydrogen) atoms. The molecular formula is C22H31N7O2. The highest BCUT2D eigenvalue weighted by molar-refractivity contribution is 5.73. The monoisotopic (exact) mass is 425 g/mol. The molecule has 0 N–H and O–H groups in total. The van der Waals surface area contributed by atoms with Gasteiger partial charge in [0.15, 0.2) is 0 Å². The molecule has 4 rings (SSSR count). The van der Waals surface area contributed by atoms with E-state index < -0.39 is 0 Å². The summed E-state index contributed by atoms with van der Waals surface area (Å²) in [5.41, 5.74) is 2.14. The summed E-state index contributed by atoms with van der Waals surface area (Å²) in [4.78, 5) is 26.7. The maximum Gasteiger partial charge on any atom is 0.254 e. The van der Waals surface area contributed by atoms with Crippen LogP contribution in [0.4, 0.5) is 5.82 Å². The largest absolute Gasteiger partial charge is 0.365 e. The molecule has 2 saturated heterocycles. The van der Waals surface area contributed by atoms with E-state index in [2.05, 4.69) is 43.6 Å². The molecule has 0 spiro atoms. The molecule has 2 aliphatic heterocycles. The van der Waals surface area contributed by atoms with E-state index in [-0.39, 0.29) is 12.0 Å². The third-order valence-electron chi connectivity index (χ3n) is 6.25. The summed E-state index contributed by atoms with van der Waals surface area (Å²) in [5.74, 6) is 8.26. The fourth-order valence-electron chi connectivity index (χ4n) is 4.22. The molecule has 0 unspecified atom stereocenters. The van der Waals surface area contributed by atoms with Crippen molar-refractivity contribution in [3.8, 4) is 11.8 Å². The third-order valence-corrected chi connectivity index (χ3v) is 6.25. The summed E-state index contributed by atoms with van der Waals surface area (Å²) in [6.07, 6.45) is 3.72. The summed E-state index contributed by atoms with van der Waals surface area (Å²) in [6, 6.07) is 0. The highest BCUT2D eigenvalue weighted by atomic mass is 16.5. The minimum Gasteiger partial charge on any atom is -0.365 e. The van der Waals surface area contributed by atoms with Crippen LogP contribution in [-0.2, 0) is 9.53 Å². The maximum atomic E-state index is 11.4. The number of hydrogen-bond donors (Lipinski definition) is 0. The Balaban J connectivity index is 1.22. The molecule has 0 saturated carbocycles. The predicted molar refractivity (Wildman–Crippen MR) is 118 cm³/mol. The van der Waals surface area contributed by atoms with Crippen molar-refractivity contribution in [2.24, 2.45) is 0 Å². The Morgan fingerprint density at radius 3 is 2.58 bits per heavy atom. The highest BCUT2D eigenvalue weighted by Gasteiger charge is 2.24. The fraction of sp³-hybridized carbons (Fsp3) is 0.636. The van der Waals surface area contributed by atoms with Gasteiger partial charge in [0.2, 0.25) is 5.91 Å². The van der Waals surface area contributed by atoms with Crippen LogP contribution in [0.5, 0.6) is 0 Å². The molecular weight excluding hydrogens is 394 g/mol. The van der Waals surface area contributed by atoms with Crippen molar-refractivity contribution in [2.45, 2.75) is 39.7 Å². The first-order chi connectivity index (χ1) is 15.0.